The van der Waals surface area contributed by atoms with E-state index < -0.39 is 11.7 Å². The van der Waals surface area contributed by atoms with Gasteiger partial charge in [-0.25, -0.2) is 9.97 Å². The van der Waals surface area contributed by atoms with Gasteiger partial charge in [-0.1, -0.05) is 6.92 Å². The van der Waals surface area contributed by atoms with Gasteiger partial charge in [-0.2, -0.15) is 13.2 Å². The maximum Gasteiger partial charge on any atom is 0.416 e. The van der Waals surface area contributed by atoms with Crippen molar-refractivity contribution in [1.82, 2.24) is 19.4 Å². The van der Waals surface area contributed by atoms with Gasteiger partial charge >= 0.3 is 6.18 Å². The van der Waals surface area contributed by atoms with E-state index in [1.54, 1.807) is 4.90 Å². The van der Waals surface area contributed by atoms with Crippen molar-refractivity contribution < 1.29 is 18.0 Å². The topological polar surface area (TPSA) is 51.0 Å². The average Bonchev–Trinajstić information content (AvgIpc) is 3.15. The summed E-state index contributed by atoms with van der Waals surface area (Å²) in [5.41, 5.74) is -0.587. The van der Waals surface area contributed by atoms with Crippen LogP contribution in [0.1, 0.15) is 29.4 Å². The number of aromatic nitrogens is 3. The Morgan fingerprint density at radius 3 is 2.78 bits per heavy atom. The molecule has 1 aliphatic rings. The lowest BCUT2D eigenvalue weighted by atomic mass is 10.2. The molecule has 2 aromatic rings. The number of carbonyl (C=O) groups is 1. The van der Waals surface area contributed by atoms with Crippen LogP contribution in [0.25, 0.3) is 5.82 Å². The highest BCUT2D eigenvalue weighted by Gasteiger charge is 2.31. The number of nitrogens with zero attached hydrogens (tertiary/aromatic N) is 4. The third kappa shape index (κ3) is 3.20. The monoisotopic (exact) mass is 324 g/mol. The van der Waals surface area contributed by atoms with Gasteiger partial charge in [0.15, 0.2) is 0 Å². The second kappa shape index (κ2) is 5.68. The molecule has 0 N–H and O–H groups in total. The standard InChI is InChI=1S/C15H15F3N4O/c1-10-3-5-21(7-10)14(23)12-8-22(9-20-12)13-6-11(2-4-19-13)15(16,17)18/h2,4,6,8-10H,3,5,7H2,1H3/t10-/m0/s1. The molecule has 3 rings (SSSR count). The van der Waals surface area contributed by atoms with Crippen molar-refractivity contribution in [2.75, 3.05) is 13.1 Å². The molecule has 1 fully saturated rings. The van der Waals surface area contributed by atoms with Gasteiger partial charge in [-0.15, -0.1) is 0 Å². The molecule has 1 aliphatic heterocycles. The van der Waals surface area contributed by atoms with Gasteiger partial charge in [-0.05, 0) is 24.5 Å². The summed E-state index contributed by atoms with van der Waals surface area (Å²) in [7, 11) is 0. The molecular formula is C15H15F3N4O. The van der Waals surface area contributed by atoms with E-state index in [0.29, 0.717) is 19.0 Å². The highest BCUT2D eigenvalue weighted by molar-refractivity contribution is 5.92. The Hall–Kier alpha value is -2.38. The lowest BCUT2D eigenvalue weighted by Crippen LogP contribution is -2.28. The van der Waals surface area contributed by atoms with Crippen LogP contribution in [0.15, 0.2) is 30.9 Å². The average molecular weight is 324 g/mol. The minimum absolute atomic E-state index is 0.0705. The molecule has 0 spiro atoms. The maximum atomic E-state index is 12.7. The van der Waals surface area contributed by atoms with Crippen LogP contribution in [0.2, 0.25) is 0 Å². The van der Waals surface area contributed by atoms with E-state index in [2.05, 4.69) is 16.9 Å². The van der Waals surface area contributed by atoms with Gasteiger partial charge in [0.2, 0.25) is 0 Å². The van der Waals surface area contributed by atoms with E-state index in [4.69, 9.17) is 0 Å². The molecule has 0 aromatic carbocycles. The molecule has 0 radical (unpaired) electrons. The van der Waals surface area contributed by atoms with Crippen LogP contribution >= 0.6 is 0 Å². The third-order valence-corrected chi connectivity index (χ3v) is 3.85. The molecule has 23 heavy (non-hydrogen) atoms. The fraction of sp³-hybridized carbons (Fsp3) is 0.400. The van der Waals surface area contributed by atoms with E-state index in [9.17, 15) is 18.0 Å². The zero-order valence-electron chi connectivity index (χ0n) is 12.4. The highest BCUT2D eigenvalue weighted by Crippen LogP contribution is 2.29. The Balaban J connectivity index is 1.83. The van der Waals surface area contributed by atoms with Gasteiger partial charge in [0.05, 0.1) is 5.56 Å². The van der Waals surface area contributed by atoms with Crippen LogP contribution in [0.3, 0.4) is 0 Å². The summed E-state index contributed by atoms with van der Waals surface area (Å²) in [6.45, 7) is 3.42. The van der Waals surface area contributed by atoms with Crippen LogP contribution in [0, 0.1) is 5.92 Å². The molecule has 0 unspecified atom stereocenters. The smallest absolute Gasteiger partial charge is 0.337 e. The number of rotatable bonds is 2. The molecule has 1 amide bonds. The fourth-order valence-corrected chi connectivity index (χ4v) is 2.58. The SMILES string of the molecule is C[C@H]1CCN(C(=O)c2cn(-c3cc(C(F)(F)F)ccn3)cn2)C1. The van der Waals surface area contributed by atoms with Crippen LogP contribution in [0.5, 0.6) is 0 Å². The molecule has 0 aliphatic carbocycles. The van der Waals surface area contributed by atoms with Crippen LogP contribution in [0.4, 0.5) is 13.2 Å². The van der Waals surface area contributed by atoms with Gasteiger partial charge in [0, 0.05) is 25.5 Å². The second-order valence-corrected chi connectivity index (χ2v) is 5.71. The molecular weight excluding hydrogens is 309 g/mol. The van der Waals surface area contributed by atoms with E-state index in [1.807, 2.05) is 0 Å². The van der Waals surface area contributed by atoms with Crippen molar-refractivity contribution in [2.45, 2.75) is 19.5 Å². The van der Waals surface area contributed by atoms with Gasteiger partial charge < -0.3 is 4.90 Å². The van der Waals surface area contributed by atoms with Crippen LogP contribution in [-0.2, 0) is 6.18 Å². The Morgan fingerprint density at radius 2 is 2.13 bits per heavy atom. The normalized spacial score (nSPS) is 18.4. The zero-order valence-corrected chi connectivity index (χ0v) is 12.4. The van der Waals surface area contributed by atoms with Crippen molar-refractivity contribution in [3.05, 3.63) is 42.1 Å². The number of amides is 1. The van der Waals surface area contributed by atoms with Crippen LogP contribution in [-0.4, -0.2) is 38.4 Å². The Morgan fingerprint density at radius 1 is 1.35 bits per heavy atom. The summed E-state index contributed by atoms with van der Waals surface area (Å²) in [4.78, 5) is 21.9. The Bertz CT molecular complexity index is 726. The Kier molecular flexibility index (Phi) is 3.83. The number of carbonyl (C=O) groups excluding carboxylic acids is 1. The maximum absolute atomic E-state index is 12.7. The molecule has 1 atom stereocenters. The highest BCUT2D eigenvalue weighted by atomic mass is 19.4. The van der Waals surface area contributed by atoms with E-state index in [0.717, 1.165) is 24.8 Å². The zero-order chi connectivity index (χ0) is 16.6. The lowest BCUT2D eigenvalue weighted by molar-refractivity contribution is -0.137. The number of imidazole rings is 1. The first-order chi connectivity index (χ1) is 10.8. The molecule has 1 saturated heterocycles. The molecule has 0 bridgehead atoms. The summed E-state index contributed by atoms with van der Waals surface area (Å²) < 4.78 is 39.6. The summed E-state index contributed by atoms with van der Waals surface area (Å²) in [6.07, 6.45) is 0.301. The summed E-state index contributed by atoms with van der Waals surface area (Å²) >= 11 is 0. The molecule has 3 heterocycles. The molecule has 2 aromatic heterocycles. The predicted octanol–water partition coefficient (Wildman–Crippen LogP) is 2.77. The number of halogens is 3. The molecule has 8 heteroatoms. The first kappa shape index (κ1) is 15.5. The minimum atomic E-state index is -4.44. The summed E-state index contributed by atoms with van der Waals surface area (Å²) in [6, 6.07) is 1.83. The molecule has 5 nitrogen and oxygen atoms in total. The number of likely N-dealkylation sites (tertiary alicyclic amines) is 1. The van der Waals surface area contributed by atoms with E-state index >= 15 is 0 Å². The van der Waals surface area contributed by atoms with Gasteiger partial charge in [0.25, 0.3) is 5.91 Å². The number of hydrogen-bond donors (Lipinski definition) is 0. The van der Waals surface area contributed by atoms with Gasteiger partial charge in [0.1, 0.15) is 17.8 Å². The summed E-state index contributed by atoms with van der Waals surface area (Å²) in [5.74, 6) is 0.312. The molecule has 0 saturated carbocycles. The Labute approximate surface area is 130 Å². The van der Waals surface area contributed by atoms with E-state index in [1.165, 1.54) is 17.1 Å². The quantitative estimate of drug-likeness (QED) is 0.853. The number of pyridine rings is 1. The van der Waals surface area contributed by atoms with Crippen LogP contribution < -0.4 is 0 Å². The minimum Gasteiger partial charge on any atom is -0.337 e. The fourth-order valence-electron chi connectivity index (χ4n) is 2.58. The largest absolute Gasteiger partial charge is 0.416 e. The predicted molar refractivity (Wildman–Crippen MR) is 76.0 cm³/mol. The van der Waals surface area contributed by atoms with Crippen molar-refractivity contribution in [2.24, 2.45) is 5.92 Å². The first-order valence-corrected chi connectivity index (χ1v) is 7.21. The number of hydrogen-bond acceptors (Lipinski definition) is 3. The number of alkyl halides is 3. The van der Waals surface area contributed by atoms with Crippen molar-refractivity contribution in [3.63, 3.8) is 0 Å². The van der Waals surface area contributed by atoms with E-state index in [-0.39, 0.29) is 17.4 Å². The van der Waals surface area contributed by atoms with Crippen molar-refractivity contribution in [1.29, 1.82) is 0 Å². The van der Waals surface area contributed by atoms with Gasteiger partial charge in [-0.3, -0.25) is 9.36 Å². The van der Waals surface area contributed by atoms with Crippen molar-refractivity contribution >= 4 is 5.91 Å². The molecule has 122 valence electrons. The first-order valence-electron chi connectivity index (χ1n) is 7.21. The van der Waals surface area contributed by atoms with Crippen molar-refractivity contribution in [3.8, 4) is 5.82 Å². The third-order valence-electron chi connectivity index (χ3n) is 3.85. The second-order valence-electron chi connectivity index (χ2n) is 5.71. The lowest BCUT2D eigenvalue weighted by Gasteiger charge is -2.13. The summed E-state index contributed by atoms with van der Waals surface area (Å²) in [5, 5.41) is 0.